The van der Waals surface area contributed by atoms with Gasteiger partial charge < -0.3 is 4.74 Å². The van der Waals surface area contributed by atoms with Gasteiger partial charge in [-0.05, 0) is 74.8 Å². The van der Waals surface area contributed by atoms with Gasteiger partial charge >= 0.3 is 0 Å². The van der Waals surface area contributed by atoms with Crippen molar-refractivity contribution in [1.29, 1.82) is 0 Å². The Morgan fingerprint density at radius 2 is 1.79 bits per heavy atom. The molecular formula is C20H18ClNO2. The van der Waals surface area contributed by atoms with Crippen LogP contribution in [0, 0.1) is 6.92 Å². The van der Waals surface area contributed by atoms with Gasteiger partial charge in [0.1, 0.15) is 5.75 Å². The quantitative estimate of drug-likeness (QED) is 0.599. The third-order valence-corrected chi connectivity index (χ3v) is 3.90. The van der Waals surface area contributed by atoms with Gasteiger partial charge in [-0.2, -0.15) is 0 Å². The van der Waals surface area contributed by atoms with Crippen molar-refractivity contribution in [3.8, 4) is 17.0 Å². The van der Waals surface area contributed by atoms with Gasteiger partial charge in [0.2, 0.25) is 0 Å². The number of hydrogen-bond donors (Lipinski definition) is 0. The largest absolute Gasteiger partial charge is 0.491 e. The molecule has 1 heterocycles. The van der Waals surface area contributed by atoms with Gasteiger partial charge in [0.05, 0.1) is 17.3 Å². The number of rotatable bonds is 4. The molecule has 0 N–H and O–H groups in total. The molecule has 0 radical (unpaired) electrons. The second-order valence-corrected chi connectivity index (χ2v) is 6.38. The van der Waals surface area contributed by atoms with Crippen LogP contribution in [0.25, 0.3) is 22.2 Å². The first kappa shape index (κ1) is 16.5. The summed E-state index contributed by atoms with van der Waals surface area (Å²) in [5, 5.41) is 0.299. The van der Waals surface area contributed by atoms with Gasteiger partial charge in [-0.25, -0.2) is 4.98 Å². The molecule has 0 aliphatic rings. The van der Waals surface area contributed by atoms with E-state index >= 15 is 0 Å². The highest BCUT2D eigenvalue weighted by molar-refractivity contribution is 6.68. The lowest BCUT2D eigenvalue weighted by molar-refractivity contribution is 0.108. The minimum Gasteiger partial charge on any atom is -0.491 e. The molecule has 2 aromatic carbocycles. The molecule has 0 fully saturated rings. The number of ether oxygens (including phenoxy) is 1. The average molecular weight is 340 g/mol. The molecule has 0 amide bonds. The van der Waals surface area contributed by atoms with Gasteiger partial charge in [0.25, 0.3) is 5.24 Å². The zero-order chi connectivity index (χ0) is 17.3. The molecule has 0 spiro atoms. The topological polar surface area (TPSA) is 39.2 Å². The summed E-state index contributed by atoms with van der Waals surface area (Å²) < 4.78 is 5.65. The Morgan fingerprint density at radius 3 is 2.42 bits per heavy atom. The molecule has 0 aliphatic carbocycles. The highest BCUT2D eigenvalue weighted by Crippen LogP contribution is 2.28. The van der Waals surface area contributed by atoms with Crippen molar-refractivity contribution in [3.05, 3.63) is 59.7 Å². The van der Waals surface area contributed by atoms with E-state index in [2.05, 4.69) is 4.98 Å². The van der Waals surface area contributed by atoms with Crippen molar-refractivity contribution in [3.63, 3.8) is 0 Å². The number of hydrogen-bond acceptors (Lipinski definition) is 3. The molecule has 4 heteroatoms. The smallest absolute Gasteiger partial charge is 0.253 e. The third kappa shape index (κ3) is 3.41. The summed E-state index contributed by atoms with van der Waals surface area (Å²) in [7, 11) is 0. The Hall–Kier alpha value is -2.39. The minimum atomic E-state index is -0.478. The Morgan fingerprint density at radius 1 is 1.08 bits per heavy atom. The van der Waals surface area contributed by atoms with Crippen LogP contribution in [-0.2, 0) is 0 Å². The summed E-state index contributed by atoms with van der Waals surface area (Å²) in [5.41, 5.74) is 3.91. The lowest BCUT2D eigenvalue weighted by Crippen LogP contribution is -2.05. The number of pyridine rings is 1. The van der Waals surface area contributed by atoms with Crippen LogP contribution >= 0.6 is 11.6 Å². The summed E-state index contributed by atoms with van der Waals surface area (Å²) >= 11 is 5.79. The Balaban J connectivity index is 2.09. The monoisotopic (exact) mass is 339 g/mol. The van der Waals surface area contributed by atoms with Crippen molar-refractivity contribution >= 4 is 27.7 Å². The molecule has 0 saturated heterocycles. The number of aryl methyl sites for hydroxylation is 1. The zero-order valence-corrected chi connectivity index (χ0v) is 14.6. The molecule has 3 aromatic rings. The predicted molar refractivity (Wildman–Crippen MR) is 97.9 cm³/mol. The second kappa shape index (κ2) is 6.62. The molecule has 24 heavy (non-hydrogen) atoms. The Labute approximate surface area is 146 Å². The molecule has 3 nitrogen and oxygen atoms in total. The number of carbonyl (C=O) groups is 1. The molecule has 0 bridgehead atoms. The summed E-state index contributed by atoms with van der Waals surface area (Å²) in [4.78, 5) is 16.5. The van der Waals surface area contributed by atoms with E-state index in [1.807, 2.05) is 63.2 Å². The van der Waals surface area contributed by atoms with Crippen LogP contribution < -0.4 is 4.74 Å². The third-order valence-electron chi connectivity index (χ3n) is 3.70. The van der Waals surface area contributed by atoms with Crippen LogP contribution in [-0.4, -0.2) is 16.3 Å². The molecule has 0 atom stereocenters. The van der Waals surface area contributed by atoms with E-state index in [1.54, 1.807) is 6.07 Å². The number of nitrogens with zero attached hydrogens (tertiary/aromatic N) is 1. The van der Waals surface area contributed by atoms with E-state index in [9.17, 15) is 4.79 Å². The molecule has 0 aliphatic heterocycles. The fraction of sp³-hybridized carbons (Fsp3) is 0.200. The van der Waals surface area contributed by atoms with Gasteiger partial charge in [0, 0.05) is 16.5 Å². The maximum absolute atomic E-state index is 11.8. The Kier molecular flexibility index (Phi) is 4.54. The van der Waals surface area contributed by atoms with Crippen LogP contribution in [0.4, 0.5) is 0 Å². The van der Waals surface area contributed by atoms with E-state index in [0.717, 1.165) is 27.8 Å². The van der Waals surface area contributed by atoms with Crippen molar-refractivity contribution in [2.75, 3.05) is 0 Å². The summed E-state index contributed by atoms with van der Waals surface area (Å²) in [6, 6.07) is 15.2. The van der Waals surface area contributed by atoms with E-state index in [-0.39, 0.29) is 6.10 Å². The second-order valence-electron chi connectivity index (χ2n) is 6.04. The van der Waals surface area contributed by atoms with Crippen molar-refractivity contribution in [1.82, 2.24) is 4.98 Å². The van der Waals surface area contributed by atoms with Gasteiger partial charge in [0.15, 0.2) is 0 Å². The fourth-order valence-corrected chi connectivity index (χ4v) is 2.78. The van der Waals surface area contributed by atoms with Crippen molar-refractivity contribution in [2.45, 2.75) is 26.9 Å². The maximum atomic E-state index is 11.8. The van der Waals surface area contributed by atoms with E-state index in [1.165, 1.54) is 0 Å². The van der Waals surface area contributed by atoms with Crippen LogP contribution in [0.5, 0.6) is 5.75 Å². The minimum absolute atomic E-state index is 0.123. The highest BCUT2D eigenvalue weighted by Gasteiger charge is 2.12. The van der Waals surface area contributed by atoms with E-state index < -0.39 is 5.24 Å². The predicted octanol–water partition coefficient (Wildman–Crippen LogP) is 5.38. The van der Waals surface area contributed by atoms with Crippen molar-refractivity contribution in [2.24, 2.45) is 0 Å². The van der Waals surface area contributed by atoms with Crippen LogP contribution in [0.2, 0.25) is 0 Å². The lowest BCUT2D eigenvalue weighted by atomic mass is 10.0. The number of carbonyl (C=O) groups excluding carboxylic acids is 1. The maximum Gasteiger partial charge on any atom is 0.253 e. The highest BCUT2D eigenvalue weighted by atomic mass is 35.5. The first-order valence-corrected chi connectivity index (χ1v) is 8.20. The summed E-state index contributed by atoms with van der Waals surface area (Å²) in [5.74, 6) is 0.804. The van der Waals surface area contributed by atoms with Crippen LogP contribution in [0.15, 0.2) is 48.5 Å². The van der Waals surface area contributed by atoms with Gasteiger partial charge in [-0.15, -0.1) is 0 Å². The standard InChI is InChI=1S/C20H18ClNO2/c1-12(2)24-15-7-5-14(6-8-15)19-11-17(20(21)23)16-10-13(3)4-9-18(16)22-19/h4-12H,1-3H3. The molecule has 1 aromatic heterocycles. The van der Waals surface area contributed by atoms with Crippen LogP contribution in [0.3, 0.4) is 0 Å². The number of halogens is 1. The molecular weight excluding hydrogens is 322 g/mol. The molecule has 0 unspecified atom stereocenters. The normalized spacial score (nSPS) is 11.0. The zero-order valence-electron chi connectivity index (χ0n) is 13.8. The van der Waals surface area contributed by atoms with Crippen molar-refractivity contribution < 1.29 is 9.53 Å². The SMILES string of the molecule is Cc1ccc2nc(-c3ccc(OC(C)C)cc3)cc(C(=O)Cl)c2c1. The summed E-state index contributed by atoms with van der Waals surface area (Å²) in [6.45, 7) is 5.95. The number of fused-ring (bicyclic) bond motifs is 1. The molecule has 3 rings (SSSR count). The fourth-order valence-electron chi connectivity index (χ4n) is 2.63. The lowest BCUT2D eigenvalue weighted by Gasteiger charge is -2.11. The van der Waals surface area contributed by atoms with Gasteiger partial charge in [-0.1, -0.05) is 11.6 Å². The first-order chi connectivity index (χ1) is 11.4. The number of aromatic nitrogens is 1. The van der Waals surface area contributed by atoms with Gasteiger partial charge in [-0.3, -0.25) is 4.79 Å². The van der Waals surface area contributed by atoms with Crippen LogP contribution in [0.1, 0.15) is 29.8 Å². The number of benzene rings is 2. The summed E-state index contributed by atoms with van der Waals surface area (Å²) in [6.07, 6.45) is 0.123. The first-order valence-electron chi connectivity index (χ1n) is 7.82. The van der Waals surface area contributed by atoms with E-state index in [4.69, 9.17) is 16.3 Å². The Bertz CT molecular complexity index is 901. The molecule has 122 valence electrons. The van der Waals surface area contributed by atoms with E-state index in [0.29, 0.717) is 11.3 Å². The average Bonchev–Trinajstić information content (AvgIpc) is 2.54. The molecule has 0 saturated carbocycles.